The zero-order valence-corrected chi connectivity index (χ0v) is 12.8. The van der Waals surface area contributed by atoms with Crippen LogP contribution in [0, 0.1) is 6.92 Å². The number of carbonyl (C=O) groups excluding carboxylic acids is 1. The van der Waals surface area contributed by atoms with Gasteiger partial charge in [0.1, 0.15) is 11.5 Å². The summed E-state index contributed by atoms with van der Waals surface area (Å²) in [6, 6.07) is 4.33. The molecule has 2 aromatic heterocycles. The predicted molar refractivity (Wildman–Crippen MR) is 83.1 cm³/mol. The highest BCUT2D eigenvalue weighted by Gasteiger charge is 2.22. The topological polar surface area (TPSA) is 83.0 Å². The van der Waals surface area contributed by atoms with E-state index in [1.807, 2.05) is 19.1 Å². The van der Waals surface area contributed by atoms with E-state index in [1.165, 1.54) is 0 Å². The van der Waals surface area contributed by atoms with Crippen LogP contribution in [0.5, 0.6) is 0 Å². The molecule has 118 valence electrons. The van der Waals surface area contributed by atoms with Crippen LogP contribution in [0.15, 0.2) is 22.7 Å². The smallest absolute Gasteiger partial charge is 0.220 e. The summed E-state index contributed by atoms with van der Waals surface area (Å²) >= 11 is 0. The van der Waals surface area contributed by atoms with Gasteiger partial charge in [0.15, 0.2) is 5.76 Å². The Kier molecular flexibility index (Phi) is 4.58. The highest BCUT2D eigenvalue weighted by atomic mass is 16.3. The molecule has 0 bridgehead atoms. The maximum Gasteiger partial charge on any atom is 0.220 e. The Bertz CT molecular complexity index is 628. The number of aromatic amines is 1. The molecular formula is C16H22N4O2. The van der Waals surface area contributed by atoms with Gasteiger partial charge in [0.05, 0.1) is 6.20 Å². The third-order valence-electron chi connectivity index (χ3n) is 3.72. The van der Waals surface area contributed by atoms with Gasteiger partial charge in [0.2, 0.25) is 5.91 Å². The first-order valence-corrected chi connectivity index (χ1v) is 7.81. The van der Waals surface area contributed by atoms with Crippen LogP contribution in [0.25, 0.3) is 11.5 Å². The average Bonchev–Trinajstić information content (AvgIpc) is 3.00. The summed E-state index contributed by atoms with van der Waals surface area (Å²) < 4.78 is 5.62. The van der Waals surface area contributed by atoms with Crippen LogP contribution in [0.2, 0.25) is 0 Å². The number of nitrogens with zero attached hydrogens (tertiary/aromatic N) is 1. The van der Waals surface area contributed by atoms with Crippen molar-refractivity contribution < 1.29 is 9.21 Å². The molecule has 2 heterocycles. The number of aryl methyl sites for hydroxylation is 1. The van der Waals surface area contributed by atoms with Gasteiger partial charge in [-0.25, -0.2) is 0 Å². The number of H-pyrrole nitrogens is 1. The Balaban J connectivity index is 1.40. The highest BCUT2D eigenvalue weighted by Crippen LogP contribution is 2.23. The minimum Gasteiger partial charge on any atom is -0.460 e. The molecule has 0 unspecified atom stereocenters. The summed E-state index contributed by atoms with van der Waals surface area (Å²) in [6.07, 6.45) is 5.50. The molecule has 1 aliphatic carbocycles. The fourth-order valence-electron chi connectivity index (χ4n) is 2.35. The van der Waals surface area contributed by atoms with Gasteiger partial charge >= 0.3 is 0 Å². The largest absolute Gasteiger partial charge is 0.460 e. The van der Waals surface area contributed by atoms with Crippen molar-refractivity contribution in [3.8, 4) is 11.5 Å². The van der Waals surface area contributed by atoms with Gasteiger partial charge in [-0.1, -0.05) is 0 Å². The summed E-state index contributed by atoms with van der Waals surface area (Å²) in [6.45, 7) is 3.43. The quantitative estimate of drug-likeness (QED) is 0.652. The number of furan rings is 1. The van der Waals surface area contributed by atoms with Crippen molar-refractivity contribution in [3.63, 3.8) is 0 Å². The molecule has 0 atom stereocenters. The van der Waals surface area contributed by atoms with Crippen LogP contribution in [-0.2, 0) is 11.3 Å². The predicted octanol–water partition coefficient (Wildman–Crippen LogP) is 2.13. The molecule has 6 nitrogen and oxygen atoms in total. The van der Waals surface area contributed by atoms with Crippen LogP contribution >= 0.6 is 0 Å². The molecule has 0 aliphatic heterocycles. The SMILES string of the molecule is Cc1ccc(-c2[nH]ncc2CNCCCC(=O)NC2CC2)o1. The molecule has 1 fully saturated rings. The van der Waals surface area contributed by atoms with E-state index in [9.17, 15) is 4.79 Å². The Morgan fingerprint density at radius 2 is 2.32 bits per heavy atom. The molecule has 0 radical (unpaired) electrons. The molecule has 3 rings (SSSR count). The number of hydrogen-bond donors (Lipinski definition) is 3. The second-order valence-corrected chi connectivity index (χ2v) is 5.80. The van der Waals surface area contributed by atoms with E-state index in [0.29, 0.717) is 19.0 Å². The highest BCUT2D eigenvalue weighted by molar-refractivity contribution is 5.76. The van der Waals surface area contributed by atoms with Gasteiger partial charge in [-0.3, -0.25) is 9.89 Å². The Labute approximate surface area is 129 Å². The summed E-state index contributed by atoms with van der Waals surface area (Å²) in [4.78, 5) is 11.6. The first-order chi connectivity index (χ1) is 10.7. The third-order valence-corrected chi connectivity index (χ3v) is 3.72. The average molecular weight is 302 g/mol. The molecule has 2 aromatic rings. The van der Waals surface area contributed by atoms with Gasteiger partial charge < -0.3 is 15.1 Å². The number of aromatic nitrogens is 2. The van der Waals surface area contributed by atoms with Crippen molar-refractivity contribution in [1.82, 2.24) is 20.8 Å². The number of rotatable bonds is 8. The minimum atomic E-state index is 0.166. The van der Waals surface area contributed by atoms with Gasteiger partial charge in [0.25, 0.3) is 0 Å². The van der Waals surface area contributed by atoms with Crippen LogP contribution < -0.4 is 10.6 Å². The van der Waals surface area contributed by atoms with Crippen molar-refractivity contribution >= 4 is 5.91 Å². The lowest BCUT2D eigenvalue weighted by molar-refractivity contribution is -0.121. The molecule has 1 amide bonds. The van der Waals surface area contributed by atoms with Crippen LogP contribution in [0.3, 0.4) is 0 Å². The zero-order valence-electron chi connectivity index (χ0n) is 12.8. The Morgan fingerprint density at radius 1 is 1.45 bits per heavy atom. The first kappa shape index (κ1) is 14.8. The molecule has 3 N–H and O–H groups in total. The standard InChI is InChI=1S/C16H22N4O2/c1-11-4-7-14(22-11)16-12(10-18-20-16)9-17-8-2-3-15(21)19-13-5-6-13/h4,7,10,13,17H,2-3,5-6,8-9H2,1H3,(H,18,20)(H,19,21). The summed E-state index contributed by atoms with van der Waals surface area (Å²) in [7, 11) is 0. The lowest BCUT2D eigenvalue weighted by Crippen LogP contribution is -2.26. The van der Waals surface area contributed by atoms with E-state index in [-0.39, 0.29) is 5.91 Å². The fraction of sp³-hybridized carbons (Fsp3) is 0.500. The summed E-state index contributed by atoms with van der Waals surface area (Å²) in [5.41, 5.74) is 1.98. The second kappa shape index (κ2) is 6.79. The molecule has 0 aromatic carbocycles. The van der Waals surface area contributed by atoms with Crippen LogP contribution in [-0.4, -0.2) is 28.7 Å². The number of amides is 1. The molecule has 1 aliphatic rings. The Hall–Kier alpha value is -2.08. The normalized spacial score (nSPS) is 14.2. The number of carbonyl (C=O) groups is 1. The monoisotopic (exact) mass is 302 g/mol. The maximum absolute atomic E-state index is 11.6. The van der Waals surface area contributed by atoms with Crippen LogP contribution in [0.4, 0.5) is 0 Å². The minimum absolute atomic E-state index is 0.166. The maximum atomic E-state index is 11.6. The van der Waals surface area contributed by atoms with E-state index in [0.717, 1.165) is 48.6 Å². The molecular weight excluding hydrogens is 280 g/mol. The number of nitrogens with one attached hydrogen (secondary N) is 3. The van der Waals surface area contributed by atoms with Gasteiger partial charge in [-0.2, -0.15) is 5.10 Å². The fourth-order valence-corrected chi connectivity index (χ4v) is 2.35. The second-order valence-electron chi connectivity index (χ2n) is 5.80. The molecule has 22 heavy (non-hydrogen) atoms. The van der Waals surface area contributed by atoms with Crippen molar-refractivity contribution in [1.29, 1.82) is 0 Å². The van der Waals surface area contributed by atoms with E-state index in [2.05, 4.69) is 20.8 Å². The first-order valence-electron chi connectivity index (χ1n) is 7.81. The van der Waals surface area contributed by atoms with Gasteiger partial charge in [-0.05, 0) is 44.9 Å². The third kappa shape index (κ3) is 3.98. The molecule has 1 saturated carbocycles. The zero-order chi connectivity index (χ0) is 15.4. The summed E-state index contributed by atoms with van der Waals surface area (Å²) in [5, 5.41) is 13.4. The van der Waals surface area contributed by atoms with E-state index in [4.69, 9.17) is 4.42 Å². The van der Waals surface area contributed by atoms with E-state index < -0.39 is 0 Å². The molecule has 0 saturated heterocycles. The van der Waals surface area contributed by atoms with Crippen LogP contribution in [0.1, 0.15) is 37.0 Å². The van der Waals surface area contributed by atoms with E-state index in [1.54, 1.807) is 6.20 Å². The molecule has 0 spiro atoms. The lowest BCUT2D eigenvalue weighted by atomic mass is 10.2. The van der Waals surface area contributed by atoms with Gasteiger partial charge in [0, 0.05) is 24.6 Å². The summed E-state index contributed by atoms with van der Waals surface area (Å²) in [5.74, 6) is 1.85. The van der Waals surface area contributed by atoms with Crippen molar-refractivity contribution in [3.05, 3.63) is 29.7 Å². The van der Waals surface area contributed by atoms with Crippen molar-refractivity contribution in [2.24, 2.45) is 0 Å². The van der Waals surface area contributed by atoms with E-state index >= 15 is 0 Å². The van der Waals surface area contributed by atoms with Crippen molar-refractivity contribution in [2.45, 2.75) is 45.2 Å². The Morgan fingerprint density at radius 3 is 3.05 bits per heavy atom. The lowest BCUT2D eigenvalue weighted by Gasteiger charge is -2.05. The van der Waals surface area contributed by atoms with Crippen molar-refractivity contribution in [2.75, 3.05) is 6.54 Å². The molecule has 6 heteroatoms. The number of hydrogen-bond acceptors (Lipinski definition) is 4. The van der Waals surface area contributed by atoms with Gasteiger partial charge in [-0.15, -0.1) is 0 Å².